The summed E-state index contributed by atoms with van der Waals surface area (Å²) < 4.78 is 0. The molecule has 0 aliphatic rings. The first kappa shape index (κ1) is 15.5. The van der Waals surface area contributed by atoms with Gasteiger partial charge >= 0.3 is 6.03 Å². The van der Waals surface area contributed by atoms with Crippen LogP contribution in [0.4, 0.5) is 4.79 Å². The van der Waals surface area contributed by atoms with Gasteiger partial charge in [-0.3, -0.25) is 4.79 Å². The highest BCUT2D eigenvalue weighted by molar-refractivity contribution is 6.30. The third-order valence-corrected chi connectivity index (χ3v) is 2.48. The van der Waals surface area contributed by atoms with Gasteiger partial charge in [0.2, 0.25) is 5.78 Å². The Bertz CT molecular complexity index is 585. The quantitative estimate of drug-likeness (QED) is 0.378. The molecule has 0 aromatic heterocycles. The molecule has 1 aromatic rings. The Kier molecular flexibility index (Phi) is 6.01. The first-order chi connectivity index (χ1) is 9.58. The summed E-state index contributed by atoms with van der Waals surface area (Å²) in [6, 6.07) is 7.33. The fourth-order valence-electron chi connectivity index (χ4n) is 1.26. The van der Waals surface area contributed by atoms with Crippen LogP contribution in [-0.2, 0) is 0 Å². The van der Waals surface area contributed by atoms with E-state index in [0.29, 0.717) is 10.6 Å². The molecule has 0 fully saturated rings. The van der Waals surface area contributed by atoms with Crippen LogP contribution < -0.4 is 10.6 Å². The van der Waals surface area contributed by atoms with Crippen molar-refractivity contribution >= 4 is 23.4 Å². The molecule has 0 saturated heterocycles. The van der Waals surface area contributed by atoms with E-state index in [-0.39, 0.29) is 12.1 Å². The monoisotopic (exact) mass is 289 g/mol. The van der Waals surface area contributed by atoms with E-state index in [0.717, 1.165) is 6.20 Å². The minimum Gasteiger partial charge on any atom is -0.334 e. The van der Waals surface area contributed by atoms with Crippen LogP contribution in [0, 0.1) is 11.3 Å². The van der Waals surface area contributed by atoms with Gasteiger partial charge in [-0.25, -0.2) is 4.79 Å². The van der Waals surface area contributed by atoms with Gasteiger partial charge in [0.05, 0.1) is 0 Å². The number of hydrogen-bond donors (Lipinski definition) is 2. The minimum atomic E-state index is -0.526. The summed E-state index contributed by atoms with van der Waals surface area (Å²) in [5.74, 6) is -0.492. The Hall–Kier alpha value is -2.58. The smallest absolute Gasteiger partial charge is 0.319 e. The van der Waals surface area contributed by atoms with E-state index < -0.39 is 11.8 Å². The lowest BCUT2D eigenvalue weighted by molar-refractivity contribution is 0.103. The zero-order valence-corrected chi connectivity index (χ0v) is 11.3. The number of allylic oxidation sites excluding steroid dienone is 1. The lowest BCUT2D eigenvalue weighted by Gasteiger charge is -2.02. The molecular weight excluding hydrogens is 278 g/mol. The van der Waals surface area contributed by atoms with Crippen molar-refractivity contribution in [2.45, 2.75) is 0 Å². The van der Waals surface area contributed by atoms with Crippen LogP contribution >= 0.6 is 11.6 Å². The second-order valence-corrected chi connectivity index (χ2v) is 4.09. The predicted molar refractivity (Wildman–Crippen MR) is 76.2 cm³/mol. The molecule has 5 nitrogen and oxygen atoms in total. The molecule has 0 atom stereocenters. The van der Waals surface area contributed by atoms with Crippen LogP contribution in [0.2, 0.25) is 5.02 Å². The molecule has 20 heavy (non-hydrogen) atoms. The number of amides is 2. The highest BCUT2D eigenvalue weighted by Gasteiger charge is 2.12. The summed E-state index contributed by atoms with van der Waals surface area (Å²) in [5, 5.41) is 14.2. The Morgan fingerprint density at radius 2 is 2.00 bits per heavy atom. The molecule has 0 saturated carbocycles. The van der Waals surface area contributed by atoms with Crippen molar-refractivity contribution < 1.29 is 9.59 Å². The highest BCUT2D eigenvalue weighted by atomic mass is 35.5. The van der Waals surface area contributed by atoms with Crippen LogP contribution in [0.25, 0.3) is 0 Å². The Labute approximate surface area is 121 Å². The second kappa shape index (κ2) is 7.77. The largest absolute Gasteiger partial charge is 0.334 e. The van der Waals surface area contributed by atoms with Gasteiger partial charge in [-0.2, -0.15) is 5.26 Å². The molecule has 0 bridgehead atoms. The number of nitriles is 1. The minimum absolute atomic E-state index is 0.180. The first-order valence-corrected chi connectivity index (χ1v) is 6.02. The number of urea groups is 1. The molecule has 0 unspecified atom stereocenters. The van der Waals surface area contributed by atoms with E-state index >= 15 is 0 Å². The van der Waals surface area contributed by atoms with Gasteiger partial charge in [0.1, 0.15) is 11.6 Å². The van der Waals surface area contributed by atoms with Crippen LogP contribution in [-0.4, -0.2) is 18.4 Å². The number of nitrogens with zero attached hydrogens (tertiary/aromatic N) is 1. The standard InChI is InChI=1S/C14H12ClN3O2/c1-2-7-17-14(20)18-9-11(8-16)13(19)10-3-5-12(15)6-4-10/h2-6,9H,1,7H2,(H2,17,18,20). The van der Waals surface area contributed by atoms with E-state index in [1.807, 2.05) is 0 Å². The molecular formula is C14H12ClN3O2. The predicted octanol–water partition coefficient (Wildman–Crippen LogP) is 2.42. The number of halogens is 1. The maximum Gasteiger partial charge on any atom is 0.319 e. The van der Waals surface area contributed by atoms with Crippen molar-refractivity contribution in [3.05, 3.63) is 59.3 Å². The van der Waals surface area contributed by atoms with E-state index in [4.69, 9.17) is 16.9 Å². The first-order valence-electron chi connectivity index (χ1n) is 5.64. The Morgan fingerprint density at radius 3 is 2.55 bits per heavy atom. The number of rotatable bonds is 5. The molecule has 0 radical (unpaired) electrons. The molecule has 2 N–H and O–H groups in total. The van der Waals surface area contributed by atoms with Crippen molar-refractivity contribution in [2.24, 2.45) is 0 Å². The van der Waals surface area contributed by atoms with Gasteiger partial charge in [-0.1, -0.05) is 17.7 Å². The summed E-state index contributed by atoms with van der Waals surface area (Å²) in [5.41, 5.74) is 0.136. The molecule has 102 valence electrons. The molecule has 0 heterocycles. The number of nitrogens with one attached hydrogen (secondary N) is 2. The number of hydrogen-bond acceptors (Lipinski definition) is 3. The molecule has 2 amide bonds. The SMILES string of the molecule is C=CCNC(=O)NC=C(C#N)C(=O)c1ccc(Cl)cc1. The maximum absolute atomic E-state index is 12.0. The van der Waals surface area contributed by atoms with Crippen LogP contribution in [0.1, 0.15) is 10.4 Å². The Balaban J connectivity index is 2.77. The number of ketones is 1. The summed E-state index contributed by atoms with van der Waals surface area (Å²) in [7, 11) is 0. The third kappa shape index (κ3) is 4.59. The molecule has 1 rings (SSSR count). The zero-order chi connectivity index (χ0) is 15.0. The van der Waals surface area contributed by atoms with E-state index in [9.17, 15) is 9.59 Å². The average Bonchev–Trinajstić information content (AvgIpc) is 2.46. The third-order valence-electron chi connectivity index (χ3n) is 2.23. The Morgan fingerprint density at radius 1 is 1.35 bits per heavy atom. The lowest BCUT2D eigenvalue weighted by atomic mass is 10.1. The van der Waals surface area contributed by atoms with Gasteiger partial charge in [-0.05, 0) is 24.3 Å². The van der Waals surface area contributed by atoms with Gasteiger partial charge in [0.15, 0.2) is 0 Å². The summed E-state index contributed by atoms with van der Waals surface area (Å²) in [6.07, 6.45) is 2.57. The van der Waals surface area contributed by atoms with Crippen molar-refractivity contribution in [1.82, 2.24) is 10.6 Å². The van der Waals surface area contributed by atoms with E-state index in [1.165, 1.54) is 18.2 Å². The molecule has 0 aliphatic heterocycles. The molecule has 0 spiro atoms. The van der Waals surface area contributed by atoms with Crippen molar-refractivity contribution in [2.75, 3.05) is 6.54 Å². The fraction of sp³-hybridized carbons (Fsp3) is 0.0714. The molecule has 1 aromatic carbocycles. The summed E-state index contributed by atoms with van der Waals surface area (Å²) >= 11 is 5.72. The van der Waals surface area contributed by atoms with Gasteiger partial charge in [-0.15, -0.1) is 6.58 Å². The average molecular weight is 290 g/mol. The van der Waals surface area contributed by atoms with Crippen molar-refractivity contribution in [3.8, 4) is 6.07 Å². The van der Waals surface area contributed by atoms with Gasteiger partial charge < -0.3 is 10.6 Å². The number of benzene rings is 1. The fourth-order valence-corrected chi connectivity index (χ4v) is 1.38. The van der Waals surface area contributed by atoms with Crippen molar-refractivity contribution in [3.63, 3.8) is 0 Å². The van der Waals surface area contributed by atoms with E-state index in [2.05, 4.69) is 17.2 Å². The van der Waals surface area contributed by atoms with E-state index in [1.54, 1.807) is 18.2 Å². The summed E-state index contributed by atoms with van der Waals surface area (Å²) in [4.78, 5) is 23.3. The van der Waals surface area contributed by atoms with Crippen LogP contribution in [0.5, 0.6) is 0 Å². The number of Topliss-reactive ketones (excluding diaryl/α,β-unsaturated/α-hetero) is 1. The van der Waals surface area contributed by atoms with Crippen LogP contribution in [0.3, 0.4) is 0 Å². The number of carbonyl (C=O) groups excluding carboxylic acids is 2. The second-order valence-electron chi connectivity index (χ2n) is 3.65. The van der Waals surface area contributed by atoms with Crippen LogP contribution in [0.15, 0.2) is 48.7 Å². The highest BCUT2D eigenvalue weighted by Crippen LogP contribution is 2.12. The zero-order valence-electron chi connectivity index (χ0n) is 10.5. The number of carbonyl (C=O) groups is 2. The van der Waals surface area contributed by atoms with Gasteiger partial charge in [0, 0.05) is 23.3 Å². The molecule has 0 aliphatic carbocycles. The van der Waals surface area contributed by atoms with Crippen molar-refractivity contribution in [1.29, 1.82) is 5.26 Å². The maximum atomic E-state index is 12.0. The topological polar surface area (TPSA) is 82.0 Å². The molecule has 6 heteroatoms. The van der Waals surface area contributed by atoms with Gasteiger partial charge in [0.25, 0.3) is 0 Å². The summed E-state index contributed by atoms with van der Waals surface area (Å²) in [6.45, 7) is 3.73. The normalized spacial score (nSPS) is 10.3. The lowest BCUT2D eigenvalue weighted by Crippen LogP contribution is -2.32.